The van der Waals surface area contributed by atoms with Crippen LogP contribution in [0, 0.1) is 10.1 Å². The molecule has 3 aromatic carbocycles. The van der Waals surface area contributed by atoms with Crippen molar-refractivity contribution in [2.24, 2.45) is 0 Å². The van der Waals surface area contributed by atoms with Crippen LogP contribution in [0.4, 0.5) is 5.69 Å². The van der Waals surface area contributed by atoms with Gasteiger partial charge in [-0.25, -0.2) is 4.79 Å². The van der Waals surface area contributed by atoms with Crippen LogP contribution in [0.3, 0.4) is 0 Å². The minimum atomic E-state index is -0.587. The van der Waals surface area contributed by atoms with Gasteiger partial charge >= 0.3 is 5.97 Å². The van der Waals surface area contributed by atoms with Crippen LogP contribution in [0.15, 0.2) is 72.8 Å². The molecule has 0 aliphatic carbocycles. The number of rotatable bonds is 8. The van der Waals surface area contributed by atoms with Crippen LogP contribution in [0.1, 0.15) is 26.3 Å². The molecule has 0 aliphatic rings. The smallest absolute Gasteiger partial charge is 0.343 e. The Kier molecular flexibility index (Phi) is 6.97. The van der Waals surface area contributed by atoms with E-state index in [1.807, 2.05) is 0 Å². The molecule has 0 radical (unpaired) electrons. The summed E-state index contributed by atoms with van der Waals surface area (Å²) < 4.78 is 15.7. The third kappa shape index (κ3) is 5.37. The van der Waals surface area contributed by atoms with Gasteiger partial charge in [-0.2, -0.15) is 0 Å². The summed E-state index contributed by atoms with van der Waals surface area (Å²) in [5.74, 6) is 0.275. The average molecular weight is 433 g/mol. The Hall–Kier alpha value is -4.46. The van der Waals surface area contributed by atoms with Gasteiger partial charge in [0.05, 0.1) is 24.7 Å². The molecule has 0 saturated carbocycles. The number of ketones is 1. The summed E-state index contributed by atoms with van der Waals surface area (Å²) in [6, 6.07) is 16.7. The fourth-order valence-corrected chi connectivity index (χ4v) is 2.83. The lowest BCUT2D eigenvalue weighted by Crippen LogP contribution is -2.09. The van der Waals surface area contributed by atoms with Crippen molar-refractivity contribution in [3.63, 3.8) is 0 Å². The third-order valence-corrected chi connectivity index (χ3v) is 4.48. The van der Waals surface area contributed by atoms with Crippen molar-refractivity contribution in [2.45, 2.75) is 0 Å². The number of ether oxygens (including phenoxy) is 3. The van der Waals surface area contributed by atoms with Crippen molar-refractivity contribution >= 4 is 23.5 Å². The zero-order valence-electron chi connectivity index (χ0n) is 17.3. The van der Waals surface area contributed by atoms with Gasteiger partial charge in [0, 0.05) is 17.7 Å². The van der Waals surface area contributed by atoms with E-state index >= 15 is 0 Å². The van der Waals surface area contributed by atoms with E-state index < -0.39 is 10.9 Å². The third-order valence-electron chi connectivity index (χ3n) is 4.48. The lowest BCUT2D eigenvalue weighted by Gasteiger charge is -2.09. The fourth-order valence-electron chi connectivity index (χ4n) is 2.83. The Morgan fingerprint density at radius 1 is 0.875 bits per heavy atom. The number of non-ortho nitro benzene ring substituents is 1. The first-order valence-electron chi connectivity index (χ1n) is 9.42. The lowest BCUT2D eigenvalue weighted by atomic mass is 10.1. The molecular formula is C24H19NO7. The van der Waals surface area contributed by atoms with E-state index in [2.05, 4.69) is 0 Å². The van der Waals surface area contributed by atoms with Gasteiger partial charge in [-0.1, -0.05) is 18.2 Å². The number of carbonyl (C=O) groups excluding carboxylic acids is 2. The van der Waals surface area contributed by atoms with E-state index in [1.165, 1.54) is 68.8 Å². The molecule has 0 spiro atoms. The van der Waals surface area contributed by atoms with Crippen LogP contribution >= 0.6 is 0 Å². The molecule has 0 atom stereocenters. The van der Waals surface area contributed by atoms with E-state index in [9.17, 15) is 19.7 Å². The summed E-state index contributed by atoms with van der Waals surface area (Å²) in [5.41, 5.74) is 1.13. The number of carbonyl (C=O) groups is 2. The predicted octanol–water partition coefficient (Wildman–Crippen LogP) is 4.73. The number of nitro groups is 1. The lowest BCUT2D eigenvalue weighted by molar-refractivity contribution is -0.384. The Bertz CT molecular complexity index is 1180. The van der Waals surface area contributed by atoms with E-state index in [0.717, 1.165) is 0 Å². The van der Waals surface area contributed by atoms with Crippen molar-refractivity contribution in [1.29, 1.82) is 0 Å². The minimum absolute atomic E-state index is 0.0553. The van der Waals surface area contributed by atoms with Crippen LogP contribution in [0.25, 0.3) is 6.08 Å². The number of nitrogens with zero attached hydrogens (tertiary/aromatic N) is 1. The molecule has 8 heteroatoms. The van der Waals surface area contributed by atoms with Gasteiger partial charge in [-0.05, 0) is 54.1 Å². The predicted molar refractivity (Wildman–Crippen MR) is 117 cm³/mol. The number of hydrogen-bond donors (Lipinski definition) is 0. The SMILES string of the molecule is COc1ccc(C(=O)Oc2ccc(C(=O)/C=C/c3cccc([N+](=O)[O-])c3)cc2)cc1OC. The Labute approximate surface area is 183 Å². The average Bonchev–Trinajstić information content (AvgIpc) is 2.82. The Balaban J connectivity index is 1.67. The van der Waals surface area contributed by atoms with Crippen molar-refractivity contribution in [2.75, 3.05) is 14.2 Å². The summed E-state index contributed by atoms with van der Waals surface area (Å²) in [6.45, 7) is 0. The molecule has 0 unspecified atom stereocenters. The molecule has 0 aliphatic heterocycles. The summed E-state index contributed by atoms with van der Waals surface area (Å²) in [4.78, 5) is 35.1. The highest BCUT2D eigenvalue weighted by Crippen LogP contribution is 2.28. The molecule has 0 aromatic heterocycles. The first-order chi connectivity index (χ1) is 15.4. The molecule has 3 rings (SSSR count). The van der Waals surface area contributed by atoms with Gasteiger partial charge in [0.25, 0.3) is 5.69 Å². The first-order valence-corrected chi connectivity index (χ1v) is 9.42. The largest absolute Gasteiger partial charge is 0.493 e. The maximum absolute atomic E-state index is 12.4. The van der Waals surface area contributed by atoms with Gasteiger partial charge in [0.15, 0.2) is 17.3 Å². The number of benzene rings is 3. The van der Waals surface area contributed by atoms with Crippen molar-refractivity contribution < 1.29 is 28.7 Å². The fraction of sp³-hybridized carbons (Fsp3) is 0.0833. The molecule has 162 valence electrons. The molecular weight excluding hydrogens is 414 g/mol. The molecule has 3 aromatic rings. The highest BCUT2D eigenvalue weighted by molar-refractivity contribution is 6.07. The van der Waals surface area contributed by atoms with Gasteiger partial charge in [-0.3, -0.25) is 14.9 Å². The highest BCUT2D eigenvalue weighted by atomic mass is 16.6. The summed E-state index contributed by atoms with van der Waals surface area (Å²) in [6.07, 6.45) is 2.82. The van der Waals surface area contributed by atoms with Gasteiger partial charge in [-0.15, -0.1) is 0 Å². The number of methoxy groups -OCH3 is 2. The molecule has 8 nitrogen and oxygen atoms in total. The normalized spacial score (nSPS) is 10.6. The number of hydrogen-bond acceptors (Lipinski definition) is 7. The monoisotopic (exact) mass is 433 g/mol. The van der Waals surface area contributed by atoms with Gasteiger partial charge < -0.3 is 14.2 Å². The van der Waals surface area contributed by atoms with E-state index in [1.54, 1.807) is 24.3 Å². The number of nitro benzene ring substituents is 1. The molecule has 0 bridgehead atoms. The maximum atomic E-state index is 12.4. The van der Waals surface area contributed by atoms with Gasteiger partial charge in [0.1, 0.15) is 5.75 Å². The summed E-state index contributed by atoms with van der Waals surface area (Å²) >= 11 is 0. The molecule has 0 saturated heterocycles. The van der Waals surface area contributed by atoms with Crippen LogP contribution < -0.4 is 14.2 Å². The van der Waals surface area contributed by atoms with Crippen molar-refractivity contribution in [3.8, 4) is 17.2 Å². The number of esters is 1. The quantitative estimate of drug-likeness (QED) is 0.126. The second-order valence-corrected chi connectivity index (χ2v) is 6.53. The van der Waals surface area contributed by atoms with E-state index in [4.69, 9.17) is 14.2 Å². The molecule has 0 N–H and O–H groups in total. The topological polar surface area (TPSA) is 105 Å². The van der Waals surface area contributed by atoms with Crippen LogP contribution in [0.5, 0.6) is 17.2 Å². The highest BCUT2D eigenvalue weighted by Gasteiger charge is 2.13. The van der Waals surface area contributed by atoms with E-state index in [0.29, 0.717) is 22.6 Å². The standard InChI is InChI=1S/C24H19NO7/c1-30-22-13-9-18(15-23(22)31-2)24(27)32-20-10-7-17(8-11-20)21(26)12-6-16-4-3-5-19(14-16)25(28)29/h3-15H,1-2H3/b12-6+. The minimum Gasteiger partial charge on any atom is -0.493 e. The Morgan fingerprint density at radius 2 is 1.56 bits per heavy atom. The van der Waals surface area contributed by atoms with Crippen LogP contribution in [-0.2, 0) is 0 Å². The first kappa shape index (κ1) is 22.2. The number of allylic oxidation sites excluding steroid dienone is 1. The molecule has 0 heterocycles. The maximum Gasteiger partial charge on any atom is 0.343 e. The van der Waals surface area contributed by atoms with Crippen molar-refractivity contribution in [1.82, 2.24) is 0 Å². The Morgan fingerprint density at radius 3 is 2.22 bits per heavy atom. The zero-order valence-corrected chi connectivity index (χ0v) is 17.3. The zero-order chi connectivity index (χ0) is 23.1. The second-order valence-electron chi connectivity index (χ2n) is 6.53. The molecule has 0 amide bonds. The second kappa shape index (κ2) is 10.0. The van der Waals surface area contributed by atoms with Crippen molar-refractivity contribution in [3.05, 3.63) is 99.6 Å². The summed E-state index contributed by atoms with van der Waals surface area (Å²) in [5, 5.41) is 10.8. The molecule has 32 heavy (non-hydrogen) atoms. The van der Waals surface area contributed by atoms with Crippen LogP contribution in [0.2, 0.25) is 0 Å². The van der Waals surface area contributed by atoms with E-state index in [-0.39, 0.29) is 22.8 Å². The summed E-state index contributed by atoms with van der Waals surface area (Å²) in [7, 11) is 2.97. The van der Waals surface area contributed by atoms with Gasteiger partial charge in [0.2, 0.25) is 0 Å². The van der Waals surface area contributed by atoms with Crippen LogP contribution in [-0.4, -0.2) is 30.9 Å². The molecule has 0 fully saturated rings.